The van der Waals surface area contributed by atoms with E-state index in [4.69, 9.17) is 0 Å². The second-order valence-corrected chi connectivity index (χ2v) is 14.8. The van der Waals surface area contributed by atoms with Crippen LogP contribution >= 0.6 is 54.8 Å². The summed E-state index contributed by atoms with van der Waals surface area (Å²) in [6.45, 7) is 0. The summed E-state index contributed by atoms with van der Waals surface area (Å²) >= 11 is 0. The molecule has 1 aliphatic rings. The molecule has 1 aliphatic carbocycles. The van der Waals surface area contributed by atoms with Crippen molar-refractivity contribution in [2.45, 2.75) is 36.6 Å². The third-order valence-electron chi connectivity index (χ3n) is 3.65. The molecule has 0 radical (unpaired) electrons. The number of rotatable bonds is 14. The first-order valence-electron chi connectivity index (χ1n) is 8.53. The van der Waals surface area contributed by atoms with Gasteiger partial charge in [0.2, 0.25) is 0 Å². The lowest BCUT2D eigenvalue weighted by Crippen LogP contribution is -2.68. The number of hydrogen-bond donors (Lipinski definition) is 0. The molecule has 240 valence electrons. The minimum Gasteiger partial charge on any atom is -0.790 e. The Morgan fingerprint density at radius 1 is 0.300 bits per heavy atom. The zero-order valence-electron chi connectivity index (χ0n) is 17.6. The van der Waals surface area contributed by atoms with Crippen LogP contribution in [0.15, 0.2) is 0 Å². The van der Waals surface area contributed by atoms with E-state index in [9.17, 15) is 95.6 Å². The molecule has 1 rings (SSSR count). The van der Waals surface area contributed by atoms with Gasteiger partial charge in [0.1, 0.15) is 36.6 Å². The van der Waals surface area contributed by atoms with E-state index < -0.39 is 91.4 Å². The average molecular weight is 727 g/mol. The van der Waals surface area contributed by atoms with E-state index in [1.54, 1.807) is 0 Å². The van der Waals surface area contributed by atoms with Crippen LogP contribution in [0.2, 0.25) is 0 Å². The Balaban J connectivity index is 4.13. The van der Waals surface area contributed by atoms with Crippen molar-refractivity contribution in [3.05, 3.63) is 0 Å². The van der Waals surface area contributed by atoms with Gasteiger partial charge in [-0.25, -0.2) is 0 Å². The summed E-state index contributed by atoms with van der Waals surface area (Å²) < 4.78 is 103. The van der Waals surface area contributed by atoms with Crippen molar-refractivity contribution in [3.63, 3.8) is 0 Å². The van der Waals surface area contributed by atoms with Crippen LogP contribution in [0.1, 0.15) is 0 Å². The van der Waals surface area contributed by atoms with Crippen LogP contribution in [0.4, 0.5) is 0 Å². The van der Waals surface area contributed by atoms with Crippen LogP contribution < -0.4 is 63.6 Å². The lowest BCUT2D eigenvalue weighted by atomic mass is 9.85. The molecular weight excluding hydrogens is 721 g/mol. The maximum Gasteiger partial charge on any atom is 0.272 e. The summed E-state index contributed by atoms with van der Waals surface area (Å²) in [6, 6.07) is 0. The third kappa shape index (κ3) is 15.0. The molecule has 0 N–H and O–H groups in total. The Labute approximate surface area is 219 Å². The predicted octanol–water partition coefficient (Wildman–Crippen LogP) is -11.2. The van der Waals surface area contributed by atoms with E-state index >= 15 is 0 Å². The minimum absolute atomic E-state index is 2.91. The zero-order chi connectivity index (χ0) is 31.9. The molecule has 0 saturated heterocycles. The Bertz CT molecular complexity index is 1160. The molecule has 7 atom stereocenters. The first kappa shape index (κ1) is 38.8. The summed E-state index contributed by atoms with van der Waals surface area (Å²) in [6.07, 6.45) is -22.5. The molecule has 0 aromatic heterocycles. The first-order chi connectivity index (χ1) is 17.3. The van der Waals surface area contributed by atoms with Gasteiger partial charge in [0.25, 0.3) is 7.82 Å². The van der Waals surface area contributed by atoms with Gasteiger partial charge in [-0.05, 0) is 0 Å². The van der Waals surface area contributed by atoms with Crippen molar-refractivity contribution in [2.24, 2.45) is 0 Å². The second kappa shape index (κ2) is 13.0. The fourth-order valence-electron chi connectivity index (χ4n) is 2.88. The number of phosphoric acid groups is 7. The van der Waals surface area contributed by atoms with Crippen molar-refractivity contribution < 1.29 is 127 Å². The van der Waals surface area contributed by atoms with E-state index in [0.717, 1.165) is 0 Å². The lowest BCUT2D eigenvalue weighted by molar-refractivity contribution is -0.385. The van der Waals surface area contributed by atoms with Crippen molar-refractivity contribution in [2.75, 3.05) is 0 Å². The van der Waals surface area contributed by atoms with Crippen LogP contribution in [0.25, 0.3) is 0 Å². The monoisotopic (exact) mass is 727 g/mol. The van der Waals surface area contributed by atoms with Gasteiger partial charge >= 0.3 is 0 Å². The van der Waals surface area contributed by atoms with Gasteiger partial charge in [-0.2, -0.15) is 0 Å². The zero-order valence-corrected chi connectivity index (χ0v) is 23.9. The number of hydrogen-bond acceptors (Lipinski definition) is 27. The molecule has 1 saturated carbocycles. The largest absolute Gasteiger partial charge is 0.790 e. The molecular formula is C6H6O27P7-13. The molecule has 0 aromatic carbocycles. The SMILES string of the molecule is O=P([O-])([O-])OC1[C@@H](OP(=O)([O-])[O-])[C@H](OP(=O)([O-])[O-])C(OP(=O)([O-])OP(=O)([O-])[O-])[C@@H](OP(=O)([O-])[O-])[C@H]1OP(=O)([O-])[O-]. The fraction of sp³-hybridized carbons (Fsp3) is 1.00. The van der Waals surface area contributed by atoms with Crippen molar-refractivity contribution in [1.82, 2.24) is 0 Å². The highest BCUT2D eigenvalue weighted by molar-refractivity contribution is 7.58. The molecule has 0 aromatic rings. The van der Waals surface area contributed by atoms with E-state index in [1.165, 1.54) is 0 Å². The third-order valence-corrected chi connectivity index (χ3v) is 8.26. The first-order valence-corrected chi connectivity index (χ1v) is 18.8. The second-order valence-electron chi connectivity index (χ2n) is 6.63. The standard InChI is InChI=1S/C6H19O27P7/c7-34(8,9)27-1-2(28-35(10,11)12)4(30-37(16,17)18)6(32-40(25,26)33-39(22,23)24)5(31-38(19,20)21)3(1)29-36(13,14)15/h1-6H,(H,25,26)(H2,7,8,9)(H2,10,11,12)(H2,13,14,15)(H2,16,17,18)(H2,19,20,21)(H2,22,23,24)/p-13/t1?,2-,3+,4-,5-,6?/m0/s1. The Kier molecular flexibility index (Phi) is 12.7. The number of phosphoric ester groups is 6. The molecule has 0 aliphatic heterocycles. The van der Waals surface area contributed by atoms with Crippen molar-refractivity contribution in [3.8, 4) is 0 Å². The molecule has 34 heteroatoms. The Morgan fingerprint density at radius 3 is 0.625 bits per heavy atom. The lowest BCUT2D eigenvalue weighted by Gasteiger charge is -2.56. The Morgan fingerprint density at radius 2 is 0.475 bits per heavy atom. The summed E-state index contributed by atoms with van der Waals surface area (Å²) in [4.78, 5) is 145. The summed E-state index contributed by atoms with van der Waals surface area (Å²) in [7, 11) is -47.8. The quantitative estimate of drug-likeness (QED) is 0.150. The average Bonchev–Trinajstić information content (AvgIpc) is 2.57. The highest BCUT2D eigenvalue weighted by atomic mass is 31.3. The smallest absolute Gasteiger partial charge is 0.272 e. The summed E-state index contributed by atoms with van der Waals surface area (Å²) in [5.74, 6) is 0. The molecule has 0 bridgehead atoms. The van der Waals surface area contributed by atoms with E-state index in [2.05, 4.69) is 31.5 Å². The van der Waals surface area contributed by atoms with Gasteiger partial charge in [-0.3, -0.25) is 8.88 Å². The maximum atomic E-state index is 11.9. The van der Waals surface area contributed by atoms with E-state index in [0.29, 0.717) is 0 Å². The van der Waals surface area contributed by atoms with Crippen molar-refractivity contribution >= 4 is 54.8 Å². The van der Waals surface area contributed by atoms with Gasteiger partial charge in [0.05, 0.1) is 46.9 Å². The summed E-state index contributed by atoms with van der Waals surface area (Å²) in [5, 5.41) is 0. The van der Waals surface area contributed by atoms with Gasteiger partial charge in [0, 0.05) is 0 Å². The fourth-order valence-corrected chi connectivity index (χ4v) is 7.24. The van der Waals surface area contributed by atoms with Crippen LogP contribution in [-0.2, 0) is 63.4 Å². The predicted molar refractivity (Wildman–Crippen MR) is 83.6 cm³/mol. The Hall–Kier alpha value is 0.810. The summed E-state index contributed by atoms with van der Waals surface area (Å²) in [5.41, 5.74) is 0. The molecule has 40 heavy (non-hydrogen) atoms. The van der Waals surface area contributed by atoms with Crippen LogP contribution in [0.3, 0.4) is 0 Å². The maximum absolute atomic E-state index is 11.9. The minimum atomic E-state index is -6.97. The van der Waals surface area contributed by atoms with Gasteiger partial charge in [0.15, 0.2) is 0 Å². The molecule has 27 nitrogen and oxygen atoms in total. The highest BCUT2D eigenvalue weighted by Crippen LogP contribution is 2.56. The normalized spacial score (nSPS) is 29.2. The molecule has 0 amide bonds. The van der Waals surface area contributed by atoms with Crippen LogP contribution in [0.5, 0.6) is 0 Å². The van der Waals surface area contributed by atoms with E-state index in [1.807, 2.05) is 0 Å². The van der Waals surface area contributed by atoms with Gasteiger partial charge in [-0.1, -0.05) is 0 Å². The van der Waals surface area contributed by atoms with Gasteiger partial charge < -0.3 is 118 Å². The molecule has 0 heterocycles. The molecule has 0 spiro atoms. The highest BCUT2D eigenvalue weighted by Gasteiger charge is 2.57. The van der Waals surface area contributed by atoms with Crippen LogP contribution in [-0.4, -0.2) is 36.6 Å². The topological polar surface area (TPSA) is 484 Å². The van der Waals surface area contributed by atoms with Gasteiger partial charge in [-0.15, -0.1) is 0 Å². The van der Waals surface area contributed by atoms with Crippen LogP contribution in [0, 0.1) is 0 Å². The van der Waals surface area contributed by atoms with E-state index in [-0.39, 0.29) is 0 Å². The molecule has 3 unspecified atom stereocenters. The molecule has 1 fully saturated rings. The van der Waals surface area contributed by atoms with Crippen molar-refractivity contribution in [1.29, 1.82) is 0 Å².